The Bertz CT molecular complexity index is 673. The van der Waals surface area contributed by atoms with Gasteiger partial charge < -0.3 is 5.11 Å². The van der Waals surface area contributed by atoms with E-state index in [-0.39, 0.29) is 5.56 Å². The summed E-state index contributed by atoms with van der Waals surface area (Å²) in [5.41, 5.74) is -0.491. The van der Waals surface area contributed by atoms with Crippen LogP contribution in [0.3, 0.4) is 0 Å². The highest BCUT2D eigenvalue weighted by atomic mass is 35.5. The van der Waals surface area contributed by atoms with E-state index in [1.807, 2.05) is 0 Å². The monoisotopic (exact) mass is 319 g/mol. The predicted molar refractivity (Wildman–Crippen MR) is 69.4 cm³/mol. The van der Waals surface area contributed by atoms with E-state index < -0.39 is 28.9 Å². The largest absolute Gasteiger partial charge is 0.433 e. The smallest absolute Gasteiger partial charge is 0.384 e. The molecule has 0 amide bonds. The van der Waals surface area contributed by atoms with Crippen LogP contribution in [0.25, 0.3) is 0 Å². The number of halogens is 5. The number of nitrogens with zero attached hydrogens (tertiary/aromatic N) is 1. The zero-order chi connectivity index (χ0) is 15.8. The van der Waals surface area contributed by atoms with Crippen molar-refractivity contribution in [1.82, 2.24) is 4.98 Å². The van der Waals surface area contributed by atoms with Crippen LogP contribution in [0.1, 0.15) is 28.5 Å². The third kappa shape index (κ3) is 3.33. The SMILES string of the molecule is Cc1cc(C(O)c2ccc(C(F)(F)F)nc2Cl)ccc1F. The normalized spacial score (nSPS) is 13.3. The van der Waals surface area contributed by atoms with Crippen LogP contribution in [0, 0.1) is 12.7 Å². The fourth-order valence-corrected chi connectivity index (χ4v) is 2.08. The second-order valence-corrected chi connectivity index (χ2v) is 4.84. The number of benzene rings is 1. The van der Waals surface area contributed by atoms with E-state index in [1.54, 1.807) is 0 Å². The van der Waals surface area contributed by atoms with E-state index in [1.165, 1.54) is 25.1 Å². The van der Waals surface area contributed by atoms with Gasteiger partial charge in [0.15, 0.2) is 0 Å². The van der Waals surface area contributed by atoms with Crippen molar-refractivity contribution in [3.63, 3.8) is 0 Å². The second-order valence-electron chi connectivity index (χ2n) is 4.49. The molecule has 0 saturated carbocycles. The van der Waals surface area contributed by atoms with Gasteiger partial charge in [-0.15, -0.1) is 0 Å². The standard InChI is InChI=1S/C14H10ClF4NO/c1-7-6-8(2-4-10(7)16)12(21)9-3-5-11(14(17,18)19)20-13(9)15/h2-6,12,21H,1H3. The molecule has 0 aliphatic heterocycles. The van der Waals surface area contributed by atoms with Crippen LogP contribution in [-0.2, 0) is 6.18 Å². The van der Waals surface area contributed by atoms with Gasteiger partial charge in [-0.2, -0.15) is 13.2 Å². The number of hydrogen-bond acceptors (Lipinski definition) is 2. The Hall–Kier alpha value is -1.66. The molecule has 1 unspecified atom stereocenters. The fraction of sp³-hybridized carbons (Fsp3) is 0.214. The summed E-state index contributed by atoms with van der Waals surface area (Å²) in [5, 5.41) is 9.71. The Morgan fingerprint density at radius 3 is 2.38 bits per heavy atom. The molecule has 1 atom stereocenters. The van der Waals surface area contributed by atoms with Gasteiger partial charge in [-0.25, -0.2) is 9.37 Å². The van der Waals surface area contributed by atoms with Crippen molar-refractivity contribution in [2.45, 2.75) is 19.2 Å². The maximum atomic E-state index is 13.2. The van der Waals surface area contributed by atoms with E-state index in [4.69, 9.17) is 11.6 Å². The number of aliphatic hydroxyl groups is 1. The number of aromatic nitrogens is 1. The maximum absolute atomic E-state index is 13.2. The number of aliphatic hydroxyl groups excluding tert-OH is 1. The molecule has 112 valence electrons. The molecule has 0 fully saturated rings. The molecule has 0 spiro atoms. The quantitative estimate of drug-likeness (QED) is 0.662. The maximum Gasteiger partial charge on any atom is 0.433 e. The van der Waals surface area contributed by atoms with Gasteiger partial charge in [-0.3, -0.25) is 0 Å². The topological polar surface area (TPSA) is 33.1 Å². The first-order chi connectivity index (χ1) is 9.70. The Balaban J connectivity index is 2.39. The lowest BCUT2D eigenvalue weighted by Gasteiger charge is -2.15. The molecule has 2 aromatic rings. The van der Waals surface area contributed by atoms with Crippen molar-refractivity contribution in [2.24, 2.45) is 0 Å². The first kappa shape index (κ1) is 15.7. The number of rotatable bonds is 2. The van der Waals surface area contributed by atoms with Gasteiger partial charge in [0.25, 0.3) is 0 Å². The van der Waals surface area contributed by atoms with Crippen LogP contribution in [0.2, 0.25) is 5.15 Å². The van der Waals surface area contributed by atoms with E-state index in [0.717, 1.165) is 12.1 Å². The van der Waals surface area contributed by atoms with Gasteiger partial charge in [0.2, 0.25) is 0 Å². The van der Waals surface area contributed by atoms with Gasteiger partial charge in [0.05, 0.1) is 0 Å². The Morgan fingerprint density at radius 1 is 1.19 bits per heavy atom. The van der Waals surface area contributed by atoms with Crippen LogP contribution in [0.15, 0.2) is 30.3 Å². The van der Waals surface area contributed by atoms with Gasteiger partial charge in [-0.05, 0) is 30.2 Å². The Morgan fingerprint density at radius 2 is 1.86 bits per heavy atom. The van der Waals surface area contributed by atoms with E-state index in [0.29, 0.717) is 11.1 Å². The van der Waals surface area contributed by atoms with Gasteiger partial charge in [-0.1, -0.05) is 29.8 Å². The van der Waals surface area contributed by atoms with Crippen molar-refractivity contribution in [2.75, 3.05) is 0 Å². The minimum atomic E-state index is -4.61. The second kappa shape index (κ2) is 5.61. The van der Waals surface area contributed by atoms with Crippen LogP contribution < -0.4 is 0 Å². The molecule has 2 rings (SSSR count). The summed E-state index contributed by atoms with van der Waals surface area (Å²) >= 11 is 5.71. The summed E-state index contributed by atoms with van der Waals surface area (Å²) in [7, 11) is 0. The molecule has 0 bridgehead atoms. The molecule has 0 aliphatic rings. The van der Waals surface area contributed by atoms with Crippen LogP contribution in [0.5, 0.6) is 0 Å². The number of pyridine rings is 1. The van der Waals surface area contributed by atoms with Gasteiger partial charge in [0.1, 0.15) is 22.8 Å². The third-order valence-corrected chi connectivity index (χ3v) is 3.26. The lowest BCUT2D eigenvalue weighted by atomic mass is 10.0. The molecule has 1 N–H and O–H groups in total. The highest BCUT2D eigenvalue weighted by molar-refractivity contribution is 6.30. The minimum absolute atomic E-state index is 0.0238. The Labute approximate surface area is 123 Å². The Kier molecular flexibility index (Phi) is 4.20. The van der Waals surface area contributed by atoms with Gasteiger partial charge >= 0.3 is 6.18 Å². The zero-order valence-corrected chi connectivity index (χ0v) is 11.5. The van der Waals surface area contributed by atoms with Crippen molar-refractivity contribution in [1.29, 1.82) is 0 Å². The average molecular weight is 320 g/mol. The van der Waals surface area contributed by atoms with Crippen LogP contribution in [-0.4, -0.2) is 10.1 Å². The molecular weight excluding hydrogens is 310 g/mol. The first-order valence-electron chi connectivity index (χ1n) is 5.88. The van der Waals surface area contributed by atoms with Gasteiger partial charge in [0, 0.05) is 5.56 Å². The van der Waals surface area contributed by atoms with Crippen LogP contribution in [0.4, 0.5) is 17.6 Å². The molecule has 1 heterocycles. The number of aryl methyl sites for hydroxylation is 1. The highest BCUT2D eigenvalue weighted by Gasteiger charge is 2.33. The molecule has 0 radical (unpaired) electrons. The molecule has 21 heavy (non-hydrogen) atoms. The zero-order valence-electron chi connectivity index (χ0n) is 10.7. The van der Waals surface area contributed by atoms with E-state index in [2.05, 4.69) is 4.98 Å². The number of alkyl halides is 3. The summed E-state index contributed by atoms with van der Waals surface area (Å²) in [6, 6.07) is 5.69. The fourth-order valence-electron chi connectivity index (χ4n) is 1.82. The summed E-state index contributed by atoms with van der Waals surface area (Å²) < 4.78 is 50.7. The molecule has 0 saturated heterocycles. The highest BCUT2D eigenvalue weighted by Crippen LogP contribution is 2.33. The third-order valence-electron chi connectivity index (χ3n) is 2.96. The number of hydrogen-bond donors (Lipinski definition) is 1. The first-order valence-corrected chi connectivity index (χ1v) is 6.25. The molecule has 0 aliphatic carbocycles. The summed E-state index contributed by atoms with van der Waals surface area (Å²) in [5.74, 6) is -0.442. The molecular formula is C14H10ClF4NO. The molecule has 2 nitrogen and oxygen atoms in total. The average Bonchev–Trinajstić information content (AvgIpc) is 2.40. The summed E-state index contributed by atoms with van der Waals surface area (Å²) in [6.45, 7) is 1.51. The summed E-state index contributed by atoms with van der Waals surface area (Å²) in [6.07, 6.45) is -5.90. The molecule has 7 heteroatoms. The van der Waals surface area contributed by atoms with Crippen LogP contribution >= 0.6 is 11.6 Å². The molecule has 1 aromatic carbocycles. The lowest BCUT2D eigenvalue weighted by Crippen LogP contribution is -2.10. The van der Waals surface area contributed by atoms with Crippen molar-refractivity contribution >= 4 is 11.6 Å². The van der Waals surface area contributed by atoms with Crippen molar-refractivity contribution in [3.05, 3.63) is 63.7 Å². The molecule has 1 aromatic heterocycles. The summed E-state index contributed by atoms with van der Waals surface area (Å²) in [4.78, 5) is 3.24. The van der Waals surface area contributed by atoms with Crippen molar-refractivity contribution in [3.8, 4) is 0 Å². The predicted octanol–water partition coefficient (Wildman–Crippen LogP) is 4.28. The lowest BCUT2D eigenvalue weighted by molar-refractivity contribution is -0.141. The van der Waals surface area contributed by atoms with E-state index >= 15 is 0 Å². The van der Waals surface area contributed by atoms with E-state index in [9.17, 15) is 22.7 Å². The minimum Gasteiger partial charge on any atom is -0.384 e. The van der Waals surface area contributed by atoms with Crippen molar-refractivity contribution < 1.29 is 22.7 Å².